The van der Waals surface area contributed by atoms with Gasteiger partial charge in [-0.25, -0.2) is 18.4 Å². The number of carbonyl (C=O) groups is 1. The number of sulfonamides is 1. The van der Waals surface area contributed by atoms with Crippen molar-refractivity contribution in [2.24, 2.45) is 0 Å². The highest BCUT2D eigenvalue weighted by molar-refractivity contribution is 7.92. The zero-order chi connectivity index (χ0) is 20.8. The predicted octanol–water partition coefficient (Wildman–Crippen LogP) is 3.53. The number of fused-ring (bicyclic) bond motifs is 1. The van der Waals surface area contributed by atoms with E-state index in [4.69, 9.17) is 11.6 Å². The molecule has 0 aliphatic carbocycles. The number of ketones is 1. The fourth-order valence-electron chi connectivity index (χ4n) is 3.33. The van der Waals surface area contributed by atoms with Crippen LogP contribution in [0.2, 0.25) is 5.15 Å². The molecule has 1 aliphatic heterocycles. The molecule has 7 nitrogen and oxygen atoms in total. The monoisotopic (exact) mass is 430 g/mol. The van der Waals surface area contributed by atoms with Crippen molar-refractivity contribution in [1.29, 1.82) is 0 Å². The molecule has 4 rings (SSSR count). The van der Waals surface area contributed by atoms with E-state index in [-0.39, 0.29) is 27.3 Å². The summed E-state index contributed by atoms with van der Waals surface area (Å²) in [6.07, 6.45) is 2.74. The molecule has 0 unspecified atom stereocenters. The molecule has 0 amide bonds. The quantitative estimate of drug-likeness (QED) is 0.493. The number of pyridine rings is 1. The average molecular weight is 431 g/mol. The van der Waals surface area contributed by atoms with Gasteiger partial charge in [0.2, 0.25) is 5.78 Å². The summed E-state index contributed by atoms with van der Waals surface area (Å²) in [5, 5.41) is 0.236. The van der Waals surface area contributed by atoms with Gasteiger partial charge in [-0.15, -0.1) is 0 Å². The standard InChI is InChI=1S/C20H19ClN4O3S/c1-12-5-7-14(8-6-12)18(26)17-20(23-16-4-3-9-25(16)17)24-29(27,28)15-10-13(2)19(21)22-11-15/h5-8,10-11,24H,3-4,9H2,1-2H3. The van der Waals surface area contributed by atoms with E-state index in [0.29, 0.717) is 29.9 Å². The minimum absolute atomic E-state index is 0.0397. The maximum Gasteiger partial charge on any atom is 0.264 e. The molecule has 3 heterocycles. The molecule has 150 valence electrons. The van der Waals surface area contributed by atoms with Crippen LogP contribution in [0, 0.1) is 13.8 Å². The molecule has 29 heavy (non-hydrogen) atoms. The number of imidazole rings is 1. The number of aryl methyl sites for hydroxylation is 3. The van der Waals surface area contributed by atoms with Gasteiger partial charge in [0.25, 0.3) is 10.0 Å². The van der Waals surface area contributed by atoms with E-state index in [9.17, 15) is 13.2 Å². The third-order valence-corrected chi connectivity index (χ3v) is 6.59. The van der Waals surface area contributed by atoms with E-state index in [1.807, 2.05) is 19.1 Å². The topological polar surface area (TPSA) is 93.9 Å². The fraction of sp³-hybridized carbons (Fsp3) is 0.250. The van der Waals surface area contributed by atoms with E-state index in [2.05, 4.69) is 14.7 Å². The van der Waals surface area contributed by atoms with Gasteiger partial charge >= 0.3 is 0 Å². The second-order valence-electron chi connectivity index (χ2n) is 7.06. The molecule has 0 atom stereocenters. The van der Waals surface area contributed by atoms with Crippen LogP contribution in [-0.4, -0.2) is 28.7 Å². The van der Waals surface area contributed by atoms with Gasteiger partial charge in [-0.05, 0) is 31.9 Å². The lowest BCUT2D eigenvalue weighted by Gasteiger charge is -2.10. The van der Waals surface area contributed by atoms with Gasteiger partial charge in [-0.2, -0.15) is 0 Å². The number of carbonyl (C=O) groups excluding carboxylic acids is 1. The van der Waals surface area contributed by atoms with Crippen molar-refractivity contribution in [3.8, 4) is 0 Å². The van der Waals surface area contributed by atoms with Crippen LogP contribution in [0.5, 0.6) is 0 Å². The van der Waals surface area contributed by atoms with Gasteiger partial charge in [0.15, 0.2) is 5.82 Å². The molecule has 2 aromatic heterocycles. The van der Waals surface area contributed by atoms with Gasteiger partial charge in [0, 0.05) is 24.7 Å². The van der Waals surface area contributed by atoms with Crippen LogP contribution in [0.15, 0.2) is 41.4 Å². The van der Waals surface area contributed by atoms with Crippen LogP contribution in [0.1, 0.15) is 39.4 Å². The zero-order valence-electron chi connectivity index (χ0n) is 15.9. The zero-order valence-corrected chi connectivity index (χ0v) is 17.5. The minimum Gasteiger partial charge on any atom is -0.323 e. The summed E-state index contributed by atoms with van der Waals surface area (Å²) < 4.78 is 30.1. The van der Waals surface area contributed by atoms with E-state index in [0.717, 1.165) is 12.0 Å². The molecule has 0 saturated carbocycles. The van der Waals surface area contributed by atoms with Gasteiger partial charge in [0.05, 0.1) is 0 Å². The van der Waals surface area contributed by atoms with Crippen molar-refractivity contribution in [2.45, 2.75) is 38.1 Å². The summed E-state index contributed by atoms with van der Waals surface area (Å²) in [7, 11) is -3.98. The number of rotatable bonds is 5. The first-order chi connectivity index (χ1) is 13.8. The van der Waals surface area contributed by atoms with Crippen molar-refractivity contribution in [2.75, 3.05) is 4.72 Å². The van der Waals surface area contributed by atoms with Crippen LogP contribution in [0.25, 0.3) is 0 Å². The molecular formula is C20H19ClN4O3S. The number of hydrogen-bond donors (Lipinski definition) is 1. The van der Waals surface area contributed by atoms with Crippen LogP contribution < -0.4 is 4.72 Å². The second kappa shape index (κ2) is 7.27. The molecule has 0 bridgehead atoms. The molecule has 9 heteroatoms. The van der Waals surface area contributed by atoms with E-state index in [1.165, 1.54) is 12.3 Å². The summed E-state index contributed by atoms with van der Waals surface area (Å²) in [5.74, 6) is 0.468. The highest BCUT2D eigenvalue weighted by Crippen LogP contribution is 2.28. The van der Waals surface area contributed by atoms with Crippen LogP contribution in [0.3, 0.4) is 0 Å². The normalized spacial score (nSPS) is 13.3. The van der Waals surface area contributed by atoms with Crippen molar-refractivity contribution in [1.82, 2.24) is 14.5 Å². The molecule has 1 N–H and O–H groups in total. The molecule has 0 spiro atoms. The SMILES string of the molecule is Cc1ccc(C(=O)c2c(NS(=O)(=O)c3cnc(Cl)c(C)c3)nc3n2CCC3)cc1. The lowest BCUT2D eigenvalue weighted by Crippen LogP contribution is -2.18. The molecule has 0 fully saturated rings. The number of hydrogen-bond acceptors (Lipinski definition) is 5. The first-order valence-corrected chi connectivity index (χ1v) is 11.0. The summed E-state index contributed by atoms with van der Waals surface area (Å²) in [4.78, 5) is 21.5. The maximum absolute atomic E-state index is 13.2. The number of nitrogens with zero attached hydrogens (tertiary/aromatic N) is 3. The Labute approximate surface area is 173 Å². The van der Waals surface area contributed by atoms with Crippen LogP contribution in [0.4, 0.5) is 5.82 Å². The average Bonchev–Trinajstić information content (AvgIpc) is 3.24. The van der Waals surface area contributed by atoms with Crippen LogP contribution >= 0.6 is 11.6 Å². The molecule has 3 aromatic rings. The van der Waals surface area contributed by atoms with Gasteiger partial charge in [-0.1, -0.05) is 41.4 Å². The third kappa shape index (κ3) is 3.65. The third-order valence-electron chi connectivity index (χ3n) is 4.89. The van der Waals surface area contributed by atoms with Crippen molar-refractivity contribution in [3.63, 3.8) is 0 Å². The van der Waals surface area contributed by atoms with Gasteiger partial charge in [-0.3, -0.25) is 9.52 Å². The van der Waals surface area contributed by atoms with Gasteiger partial charge in [0.1, 0.15) is 21.6 Å². The number of aromatic nitrogens is 3. The summed E-state index contributed by atoms with van der Waals surface area (Å²) >= 11 is 5.90. The summed E-state index contributed by atoms with van der Waals surface area (Å²) in [6.45, 7) is 4.23. The van der Waals surface area contributed by atoms with Gasteiger partial charge < -0.3 is 4.57 Å². The second-order valence-corrected chi connectivity index (χ2v) is 9.10. The first kappa shape index (κ1) is 19.6. The Morgan fingerprint density at radius 1 is 1.21 bits per heavy atom. The van der Waals surface area contributed by atoms with Crippen molar-refractivity contribution >= 4 is 33.2 Å². The molecule has 1 aliphatic rings. The molecule has 0 radical (unpaired) electrons. The highest BCUT2D eigenvalue weighted by Gasteiger charge is 2.29. The lowest BCUT2D eigenvalue weighted by atomic mass is 10.1. The van der Waals surface area contributed by atoms with Crippen molar-refractivity contribution in [3.05, 3.63) is 69.9 Å². The summed E-state index contributed by atoms with van der Waals surface area (Å²) in [6, 6.07) is 8.60. The van der Waals surface area contributed by atoms with E-state index < -0.39 is 10.0 Å². The minimum atomic E-state index is -3.98. The predicted molar refractivity (Wildman–Crippen MR) is 110 cm³/mol. The van der Waals surface area contributed by atoms with Crippen LogP contribution in [-0.2, 0) is 23.0 Å². The van der Waals surface area contributed by atoms with E-state index >= 15 is 0 Å². The van der Waals surface area contributed by atoms with E-state index in [1.54, 1.807) is 23.6 Å². The Kier molecular flexibility index (Phi) is 4.92. The highest BCUT2D eigenvalue weighted by atomic mass is 35.5. The Bertz CT molecular complexity index is 1220. The number of nitrogens with one attached hydrogen (secondary N) is 1. The Balaban J connectivity index is 1.76. The van der Waals surface area contributed by atoms with Crippen molar-refractivity contribution < 1.29 is 13.2 Å². The summed E-state index contributed by atoms with van der Waals surface area (Å²) in [5.41, 5.74) is 2.31. The largest absolute Gasteiger partial charge is 0.323 e. The lowest BCUT2D eigenvalue weighted by molar-refractivity contribution is 0.103. The Hall–Kier alpha value is -2.71. The number of benzene rings is 1. The number of anilines is 1. The Morgan fingerprint density at radius 3 is 2.62 bits per heavy atom. The Morgan fingerprint density at radius 2 is 1.93 bits per heavy atom. The molecule has 0 saturated heterocycles. The molecular weight excluding hydrogens is 412 g/mol. The fourth-order valence-corrected chi connectivity index (χ4v) is 4.48. The smallest absolute Gasteiger partial charge is 0.264 e. The molecule has 1 aromatic carbocycles. The first-order valence-electron chi connectivity index (χ1n) is 9.12. The number of halogens is 1. The maximum atomic E-state index is 13.2.